The molecule has 0 amide bonds. The molecule has 0 radical (unpaired) electrons. The molecule has 6 rings (SSSR count). The molecule has 11 heteroatoms. The average molecular weight is 440 g/mol. The highest BCUT2D eigenvalue weighted by molar-refractivity contribution is 5.71. The molecule has 32 heavy (non-hydrogen) atoms. The number of rotatable bonds is 4. The zero-order chi connectivity index (χ0) is 22.1. The number of aryl methyl sites for hydroxylation is 1. The number of nitrogens with zero attached hydrogens (tertiary/aromatic N) is 6. The van der Waals surface area contributed by atoms with Gasteiger partial charge in [0.2, 0.25) is 5.89 Å². The number of hydrogen-bond donors (Lipinski definition) is 0. The van der Waals surface area contributed by atoms with Crippen molar-refractivity contribution in [3.8, 4) is 0 Å². The number of halogens is 3. The molecule has 8 nitrogen and oxygen atoms in total. The third-order valence-electron chi connectivity index (χ3n) is 6.25. The van der Waals surface area contributed by atoms with Gasteiger partial charge in [0.1, 0.15) is 12.9 Å². The van der Waals surface area contributed by atoms with Gasteiger partial charge >= 0.3 is 0 Å². The van der Waals surface area contributed by atoms with Crippen LogP contribution in [0.4, 0.5) is 13.2 Å². The summed E-state index contributed by atoms with van der Waals surface area (Å²) in [5.74, 6) is -2.80. The number of fused-ring (bicyclic) bond motifs is 2. The van der Waals surface area contributed by atoms with Crippen molar-refractivity contribution in [2.45, 2.75) is 18.9 Å². The third kappa shape index (κ3) is 2.73. The summed E-state index contributed by atoms with van der Waals surface area (Å²) in [6.07, 6.45) is 5.29. The number of hydrogen-bond acceptors (Lipinski definition) is 6. The molecule has 3 atom stereocenters. The molecule has 1 saturated carbocycles. The molecule has 0 bridgehead atoms. The van der Waals surface area contributed by atoms with Gasteiger partial charge in [0.05, 0.1) is 6.33 Å². The summed E-state index contributed by atoms with van der Waals surface area (Å²) in [4.78, 5) is 25.3. The van der Waals surface area contributed by atoms with Crippen LogP contribution in [0.15, 0.2) is 40.2 Å². The van der Waals surface area contributed by atoms with E-state index < -0.39 is 17.5 Å². The van der Waals surface area contributed by atoms with Crippen LogP contribution in [-0.4, -0.2) is 29.2 Å². The van der Waals surface area contributed by atoms with Gasteiger partial charge in [-0.15, -0.1) is 0 Å². The van der Waals surface area contributed by atoms with Crippen molar-refractivity contribution in [3.63, 3.8) is 0 Å². The van der Waals surface area contributed by atoms with Crippen LogP contribution in [0.3, 0.4) is 0 Å². The Balaban J connectivity index is 1.21. The van der Waals surface area contributed by atoms with E-state index in [1.54, 1.807) is 11.6 Å². The number of aromatic nitrogens is 6. The Morgan fingerprint density at radius 1 is 1.16 bits per heavy atom. The van der Waals surface area contributed by atoms with E-state index in [4.69, 9.17) is 4.52 Å². The van der Waals surface area contributed by atoms with Gasteiger partial charge in [0.25, 0.3) is 5.56 Å². The van der Waals surface area contributed by atoms with E-state index in [-0.39, 0.29) is 41.3 Å². The maximum atomic E-state index is 14.1. The zero-order valence-electron chi connectivity index (χ0n) is 16.7. The van der Waals surface area contributed by atoms with Crippen LogP contribution < -0.4 is 5.56 Å². The molecular formula is C21H15F3N6O2. The van der Waals surface area contributed by atoms with Gasteiger partial charge in [-0.1, -0.05) is 11.2 Å². The van der Waals surface area contributed by atoms with Crippen LogP contribution in [0.5, 0.6) is 0 Å². The molecule has 1 aromatic carbocycles. The quantitative estimate of drug-likeness (QED) is 0.453. The first-order valence-corrected chi connectivity index (χ1v) is 9.96. The van der Waals surface area contributed by atoms with Crippen LogP contribution >= 0.6 is 0 Å². The molecule has 162 valence electrons. The Labute approximate surface area is 178 Å². The van der Waals surface area contributed by atoms with Gasteiger partial charge in [-0.25, -0.2) is 23.1 Å². The Kier molecular flexibility index (Phi) is 3.92. The van der Waals surface area contributed by atoms with Crippen molar-refractivity contribution in [3.05, 3.63) is 75.9 Å². The van der Waals surface area contributed by atoms with E-state index in [1.165, 1.54) is 23.3 Å². The minimum absolute atomic E-state index is 0.0130. The summed E-state index contributed by atoms with van der Waals surface area (Å²) in [7, 11) is 1.72. The summed E-state index contributed by atoms with van der Waals surface area (Å²) in [5.41, 5.74) is 1.22. The van der Waals surface area contributed by atoms with Gasteiger partial charge in [-0.2, -0.15) is 4.98 Å². The number of imidazole rings is 1. The highest BCUT2D eigenvalue weighted by atomic mass is 19.2. The lowest BCUT2D eigenvalue weighted by atomic mass is 10.00. The summed E-state index contributed by atoms with van der Waals surface area (Å²) in [6, 6.07) is 2.19. The van der Waals surface area contributed by atoms with Crippen molar-refractivity contribution < 1.29 is 17.7 Å². The van der Waals surface area contributed by atoms with Gasteiger partial charge in [0.15, 0.2) is 34.4 Å². The Morgan fingerprint density at radius 2 is 1.97 bits per heavy atom. The Hall–Kier alpha value is -3.76. The first-order valence-electron chi connectivity index (χ1n) is 9.96. The highest BCUT2D eigenvalue weighted by Crippen LogP contribution is 2.62. The van der Waals surface area contributed by atoms with E-state index in [0.717, 1.165) is 6.07 Å². The topological polar surface area (TPSA) is 91.6 Å². The van der Waals surface area contributed by atoms with Gasteiger partial charge in [-0.3, -0.25) is 9.36 Å². The van der Waals surface area contributed by atoms with Crippen molar-refractivity contribution in [2.24, 2.45) is 18.9 Å². The van der Waals surface area contributed by atoms with Crippen LogP contribution in [-0.2, 0) is 13.6 Å². The molecule has 0 aliphatic heterocycles. The average Bonchev–Trinajstić information content (AvgIpc) is 3.19. The van der Waals surface area contributed by atoms with Gasteiger partial charge < -0.3 is 9.09 Å². The van der Waals surface area contributed by atoms with E-state index in [1.807, 2.05) is 6.08 Å². The van der Waals surface area contributed by atoms with Crippen molar-refractivity contribution in [2.75, 3.05) is 0 Å². The summed E-state index contributed by atoms with van der Waals surface area (Å²) < 4.78 is 49.1. The van der Waals surface area contributed by atoms with Gasteiger partial charge in [0, 0.05) is 18.5 Å². The number of benzene rings is 1. The predicted molar refractivity (Wildman–Crippen MR) is 105 cm³/mol. The van der Waals surface area contributed by atoms with Crippen LogP contribution in [0.1, 0.15) is 29.6 Å². The molecule has 4 aromatic rings. The van der Waals surface area contributed by atoms with Crippen molar-refractivity contribution in [1.82, 2.24) is 29.2 Å². The largest absolute Gasteiger partial charge is 0.337 e. The summed E-state index contributed by atoms with van der Waals surface area (Å²) >= 11 is 0. The van der Waals surface area contributed by atoms with Crippen LogP contribution in [0, 0.1) is 29.3 Å². The summed E-state index contributed by atoms with van der Waals surface area (Å²) in [6.45, 7) is 0.0726. The van der Waals surface area contributed by atoms with Crippen LogP contribution in [0.2, 0.25) is 0 Å². The van der Waals surface area contributed by atoms with E-state index in [2.05, 4.69) is 20.1 Å². The highest BCUT2D eigenvalue weighted by Gasteiger charge is 2.55. The fraction of sp³-hybridized carbons (Fsp3) is 0.286. The lowest BCUT2D eigenvalue weighted by Gasteiger charge is -2.08. The van der Waals surface area contributed by atoms with E-state index in [0.29, 0.717) is 29.0 Å². The predicted octanol–water partition coefficient (Wildman–Crippen LogP) is 2.80. The first-order chi connectivity index (χ1) is 15.4. The minimum atomic E-state index is -1.46. The third-order valence-corrected chi connectivity index (χ3v) is 6.25. The molecule has 0 N–H and O–H groups in total. The van der Waals surface area contributed by atoms with Crippen molar-refractivity contribution >= 4 is 16.7 Å². The molecule has 1 fully saturated rings. The smallest absolute Gasteiger partial charge is 0.280 e. The molecule has 3 heterocycles. The second-order valence-electron chi connectivity index (χ2n) is 8.14. The molecule has 3 aromatic heterocycles. The fourth-order valence-corrected chi connectivity index (χ4v) is 4.58. The molecule has 0 spiro atoms. The minimum Gasteiger partial charge on any atom is -0.337 e. The monoisotopic (exact) mass is 440 g/mol. The normalized spacial score (nSPS) is 21.8. The maximum Gasteiger partial charge on any atom is 0.280 e. The zero-order valence-corrected chi connectivity index (χ0v) is 16.7. The van der Waals surface area contributed by atoms with E-state index in [9.17, 15) is 18.0 Å². The lowest BCUT2D eigenvalue weighted by molar-refractivity contribution is 0.364. The molecular weight excluding hydrogens is 425 g/mol. The first kappa shape index (κ1) is 19.0. The van der Waals surface area contributed by atoms with Gasteiger partial charge in [-0.05, 0) is 36.0 Å². The standard InChI is InChI=1S/C21H15F3N6O2/c1-29-7-25-20-18(29)21(31)30(8-26-20)6-14-27-19(28-32-14)15-11-4-9(5-12(11)15)10-2-3-13(22)17(24)16(10)23/h2-4,7-8,11-12,15H,5-6H2,1H3/t11-,12+,15+/m0/s1. The summed E-state index contributed by atoms with van der Waals surface area (Å²) in [5, 5.41) is 4.05. The molecule has 2 aliphatic carbocycles. The maximum absolute atomic E-state index is 14.1. The Morgan fingerprint density at radius 3 is 2.75 bits per heavy atom. The van der Waals surface area contributed by atoms with Crippen LogP contribution in [0.25, 0.3) is 16.7 Å². The number of allylic oxidation sites excluding steroid dienone is 2. The fourth-order valence-electron chi connectivity index (χ4n) is 4.58. The van der Waals surface area contributed by atoms with E-state index >= 15 is 0 Å². The molecule has 0 saturated heterocycles. The van der Waals surface area contributed by atoms with Crippen molar-refractivity contribution in [1.29, 1.82) is 0 Å². The Bertz CT molecular complexity index is 1490. The SMILES string of the molecule is Cn1cnc2ncn(Cc3nc([C@@H]4[C@H]5C=C(c6ccc(F)c(F)c6F)C[C@H]54)no3)c(=O)c21. The molecule has 2 aliphatic rings. The second kappa shape index (κ2) is 6.62. The second-order valence-corrected chi connectivity index (χ2v) is 8.14. The lowest BCUT2D eigenvalue weighted by Crippen LogP contribution is -2.22. The molecule has 0 unspecified atom stereocenters.